The third-order valence-electron chi connectivity index (χ3n) is 2.12. The van der Waals surface area contributed by atoms with E-state index in [0.29, 0.717) is 0 Å². The van der Waals surface area contributed by atoms with Gasteiger partial charge in [0.1, 0.15) is 0 Å². The predicted octanol–water partition coefficient (Wildman–Crippen LogP) is 3.31. The summed E-state index contributed by atoms with van der Waals surface area (Å²) in [4.78, 5) is 0. The maximum atomic E-state index is 2.32. The molecule has 0 spiro atoms. The van der Waals surface area contributed by atoms with Crippen LogP contribution in [0, 0.1) is 5.92 Å². The monoisotopic (exact) mass is 136 g/mol. The molecule has 0 aromatic carbocycles. The van der Waals surface area contributed by atoms with Gasteiger partial charge in [-0.3, -0.25) is 0 Å². The Morgan fingerprint density at radius 1 is 1.10 bits per heavy atom. The van der Waals surface area contributed by atoms with Crippen LogP contribution in [0.4, 0.5) is 0 Å². The second-order valence-corrected chi connectivity index (χ2v) is 2.92. The highest BCUT2D eigenvalue weighted by atomic mass is 14.1. The lowest BCUT2D eigenvalue weighted by atomic mass is 9.96. The molecule has 0 nitrogen and oxygen atoms in total. The van der Waals surface area contributed by atoms with Crippen molar-refractivity contribution in [1.82, 2.24) is 0 Å². The minimum atomic E-state index is 0.896. The van der Waals surface area contributed by atoms with Crippen molar-refractivity contribution < 1.29 is 0 Å². The van der Waals surface area contributed by atoms with Crippen LogP contribution in [0.25, 0.3) is 0 Å². The van der Waals surface area contributed by atoms with Crippen molar-refractivity contribution in [3.63, 3.8) is 0 Å². The van der Waals surface area contributed by atoms with Crippen molar-refractivity contribution in [3.05, 3.63) is 24.3 Å². The molecule has 0 bridgehead atoms. The lowest BCUT2D eigenvalue weighted by molar-refractivity contribution is 0.521. The molecule has 1 rings (SSSR count). The average molecular weight is 136 g/mol. The standard InChI is InChI=1S/C10H16/c1-2-10-8-6-4-3-5-7-9-10/h4-7,10H,2-3,8-9H2,1H3. The van der Waals surface area contributed by atoms with E-state index in [1.54, 1.807) is 0 Å². The van der Waals surface area contributed by atoms with E-state index < -0.39 is 0 Å². The third-order valence-corrected chi connectivity index (χ3v) is 2.12. The van der Waals surface area contributed by atoms with Gasteiger partial charge in [0.05, 0.1) is 0 Å². The van der Waals surface area contributed by atoms with Gasteiger partial charge >= 0.3 is 0 Å². The SMILES string of the molecule is CCC1CC=CCC=CC1. The molecule has 0 atom stereocenters. The Labute approximate surface area is 63.6 Å². The molecular formula is C10H16. The van der Waals surface area contributed by atoms with Crippen molar-refractivity contribution in [2.45, 2.75) is 32.6 Å². The summed E-state index contributed by atoms with van der Waals surface area (Å²) in [6.07, 6.45) is 14.2. The molecule has 0 unspecified atom stereocenters. The molecule has 0 fully saturated rings. The Bertz CT molecular complexity index is 117. The number of rotatable bonds is 1. The largest absolute Gasteiger partial charge is 0.0879 e. The van der Waals surface area contributed by atoms with E-state index in [1.807, 2.05) is 0 Å². The highest BCUT2D eigenvalue weighted by molar-refractivity contribution is 4.97. The van der Waals surface area contributed by atoms with E-state index in [2.05, 4.69) is 31.2 Å². The van der Waals surface area contributed by atoms with E-state index in [9.17, 15) is 0 Å². The molecule has 0 heteroatoms. The van der Waals surface area contributed by atoms with E-state index >= 15 is 0 Å². The van der Waals surface area contributed by atoms with Gasteiger partial charge in [-0.25, -0.2) is 0 Å². The summed E-state index contributed by atoms with van der Waals surface area (Å²) in [5, 5.41) is 0. The van der Waals surface area contributed by atoms with Gasteiger partial charge in [0, 0.05) is 0 Å². The second kappa shape index (κ2) is 4.32. The van der Waals surface area contributed by atoms with Gasteiger partial charge in [0.25, 0.3) is 0 Å². The van der Waals surface area contributed by atoms with Crippen LogP contribution >= 0.6 is 0 Å². The van der Waals surface area contributed by atoms with Crippen LogP contribution in [0.1, 0.15) is 32.6 Å². The smallest absolute Gasteiger partial charge is 0.0169 e. The van der Waals surface area contributed by atoms with E-state index in [0.717, 1.165) is 12.3 Å². The molecular weight excluding hydrogens is 120 g/mol. The summed E-state index contributed by atoms with van der Waals surface area (Å²) >= 11 is 0. The molecule has 1 aliphatic rings. The lowest BCUT2D eigenvalue weighted by Gasteiger charge is -2.10. The number of hydrogen-bond acceptors (Lipinski definition) is 0. The molecule has 0 aromatic heterocycles. The van der Waals surface area contributed by atoms with Gasteiger partial charge in [-0.2, -0.15) is 0 Å². The second-order valence-electron chi connectivity index (χ2n) is 2.92. The summed E-state index contributed by atoms with van der Waals surface area (Å²) < 4.78 is 0. The highest BCUT2D eigenvalue weighted by Crippen LogP contribution is 2.16. The van der Waals surface area contributed by atoms with Gasteiger partial charge in [-0.05, 0) is 25.2 Å². The first-order valence-corrected chi connectivity index (χ1v) is 4.23. The van der Waals surface area contributed by atoms with Gasteiger partial charge < -0.3 is 0 Å². The average Bonchev–Trinajstić information content (AvgIpc) is 1.87. The van der Waals surface area contributed by atoms with Gasteiger partial charge in [0.15, 0.2) is 0 Å². The summed E-state index contributed by atoms with van der Waals surface area (Å²) in [5.74, 6) is 0.896. The molecule has 0 aromatic rings. The zero-order valence-corrected chi connectivity index (χ0v) is 6.72. The minimum Gasteiger partial charge on any atom is -0.0879 e. The van der Waals surface area contributed by atoms with E-state index in [-0.39, 0.29) is 0 Å². The molecule has 1 aliphatic carbocycles. The maximum Gasteiger partial charge on any atom is -0.0169 e. The van der Waals surface area contributed by atoms with Crippen LogP contribution < -0.4 is 0 Å². The van der Waals surface area contributed by atoms with Crippen LogP contribution in [0.5, 0.6) is 0 Å². The van der Waals surface area contributed by atoms with Gasteiger partial charge in [-0.1, -0.05) is 37.6 Å². The Kier molecular flexibility index (Phi) is 3.28. The van der Waals surface area contributed by atoms with E-state index in [4.69, 9.17) is 0 Å². The molecule has 0 heterocycles. The lowest BCUT2D eigenvalue weighted by Crippen LogP contribution is -1.95. The fraction of sp³-hybridized carbons (Fsp3) is 0.600. The highest BCUT2D eigenvalue weighted by Gasteiger charge is 2.01. The molecule has 0 saturated carbocycles. The Morgan fingerprint density at radius 2 is 1.70 bits per heavy atom. The van der Waals surface area contributed by atoms with Crippen molar-refractivity contribution in [2.75, 3.05) is 0 Å². The fourth-order valence-electron chi connectivity index (χ4n) is 1.28. The summed E-state index contributed by atoms with van der Waals surface area (Å²) in [6.45, 7) is 2.27. The van der Waals surface area contributed by atoms with Crippen molar-refractivity contribution in [3.8, 4) is 0 Å². The topological polar surface area (TPSA) is 0 Å². The first-order valence-electron chi connectivity index (χ1n) is 4.23. The zero-order valence-electron chi connectivity index (χ0n) is 6.72. The summed E-state index contributed by atoms with van der Waals surface area (Å²) in [5.41, 5.74) is 0. The summed E-state index contributed by atoms with van der Waals surface area (Å²) in [7, 11) is 0. The molecule has 0 radical (unpaired) electrons. The minimum absolute atomic E-state index is 0.896. The predicted molar refractivity (Wildman–Crippen MR) is 45.9 cm³/mol. The molecule has 10 heavy (non-hydrogen) atoms. The fourth-order valence-corrected chi connectivity index (χ4v) is 1.28. The molecule has 0 N–H and O–H groups in total. The Hall–Kier alpha value is -0.520. The third kappa shape index (κ3) is 2.38. The van der Waals surface area contributed by atoms with Crippen LogP contribution in [0.2, 0.25) is 0 Å². The first-order chi connectivity index (χ1) is 4.93. The van der Waals surface area contributed by atoms with Crippen LogP contribution in [0.15, 0.2) is 24.3 Å². The zero-order chi connectivity index (χ0) is 7.23. The number of allylic oxidation sites excluding steroid dienone is 4. The first kappa shape index (κ1) is 7.59. The molecule has 0 saturated heterocycles. The Morgan fingerprint density at radius 3 is 2.20 bits per heavy atom. The van der Waals surface area contributed by atoms with Crippen molar-refractivity contribution in [2.24, 2.45) is 5.92 Å². The Balaban J connectivity index is 2.39. The van der Waals surface area contributed by atoms with E-state index in [1.165, 1.54) is 19.3 Å². The van der Waals surface area contributed by atoms with Crippen molar-refractivity contribution in [1.29, 1.82) is 0 Å². The number of hydrogen-bond donors (Lipinski definition) is 0. The summed E-state index contributed by atoms with van der Waals surface area (Å²) in [6, 6.07) is 0. The normalized spacial score (nSPS) is 25.9. The van der Waals surface area contributed by atoms with Crippen LogP contribution in [-0.4, -0.2) is 0 Å². The van der Waals surface area contributed by atoms with Crippen LogP contribution in [-0.2, 0) is 0 Å². The molecule has 0 amide bonds. The quantitative estimate of drug-likeness (QED) is 0.485. The molecule has 0 aliphatic heterocycles. The van der Waals surface area contributed by atoms with Crippen molar-refractivity contribution >= 4 is 0 Å². The van der Waals surface area contributed by atoms with Gasteiger partial charge in [0.2, 0.25) is 0 Å². The van der Waals surface area contributed by atoms with Crippen LogP contribution in [0.3, 0.4) is 0 Å². The van der Waals surface area contributed by atoms with Gasteiger partial charge in [-0.15, -0.1) is 0 Å². The maximum absolute atomic E-state index is 2.32. The molecule has 56 valence electrons.